The van der Waals surface area contributed by atoms with Gasteiger partial charge in [-0.3, -0.25) is 4.79 Å². The van der Waals surface area contributed by atoms with Gasteiger partial charge in [0.15, 0.2) is 5.78 Å². The summed E-state index contributed by atoms with van der Waals surface area (Å²) in [6, 6.07) is 0. The fourth-order valence-electron chi connectivity index (χ4n) is 0.793. The highest BCUT2D eigenvalue weighted by atomic mass is 16.1. The number of carbonyl (C=O) groups excluding carboxylic acids is 1. The van der Waals surface area contributed by atoms with Gasteiger partial charge in [-0.25, -0.2) is 0 Å². The monoisotopic (exact) mass is 196 g/mol. The zero-order valence-corrected chi connectivity index (χ0v) is 9.05. The molecular weight excluding hydrogens is 176 g/mol. The van der Waals surface area contributed by atoms with Crippen molar-refractivity contribution in [1.29, 1.82) is 0 Å². The van der Waals surface area contributed by atoms with Crippen molar-refractivity contribution >= 4 is 5.78 Å². The number of rotatable bonds is 8. The molecule has 0 saturated heterocycles. The summed E-state index contributed by atoms with van der Waals surface area (Å²) in [5.74, 6) is -0.00259. The third-order valence-corrected chi connectivity index (χ3v) is 1.52. The van der Waals surface area contributed by atoms with Crippen molar-refractivity contribution in [2.75, 3.05) is 13.1 Å². The van der Waals surface area contributed by atoms with Crippen molar-refractivity contribution in [2.45, 2.75) is 26.7 Å². The Labute approximate surface area is 86.3 Å². The molecule has 2 N–H and O–H groups in total. The number of hydrogen-bond donors (Lipinski definition) is 2. The quantitative estimate of drug-likeness (QED) is 0.457. The largest absolute Gasteiger partial charge is 0.391 e. The lowest BCUT2D eigenvalue weighted by molar-refractivity contribution is -0.110. The molecule has 0 amide bonds. The van der Waals surface area contributed by atoms with E-state index in [-0.39, 0.29) is 5.78 Å². The molecule has 0 bridgehead atoms. The number of hydrogen-bond acceptors (Lipinski definition) is 3. The molecule has 0 unspecified atom stereocenters. The molecule has 80 valence electrons. The number of carbonyl (C=O) groups is 1. The van der Waals surface area contributed by atoms with Gasteiger partial charge >= 0.3 is 0 Å². The normalized spacial score (nSPS) is 11.0. The van der Waals surface area contributed by atoms with E-state index in [1.807, 2.05) is 0 Å². The van der Waals surface area contributed by atoms with Crippen LogP contribution in [-0.2, 0) is 4.79 Å². The maximum Gasteiger partial charge on any atom is 0.181 e. The lowest BCUT2D eigenvalue weighted by atomic mass is 10.3. The Morgan fingerprint density at radius 2 is 1.43 bits per heavy atom. The van der Waals surface area contributed by atoms with Crippen LogP contribution in [0.5, 0.6) is 0 Å². The summed E-state index contributed by atoms with van der Waals surface area (Å²) < 4.78 is 0. The predicted molar refractivity (Wildman–Crippen MR) is 59.9 cm³/mol. The molecule has 0 aliphatic rings. The number of allylic oxidation sites excluding steroid dienone is 2. The summed E-state index contributed by atoms with van der Waals surface area (Å²) in [6.07, 6.45) is 8.56. The van der Waals surface area contributed by atoms with Gasteiger partial charge in [-0.05, 0) is 12.8 Å². The Hall–Kier alpha value is -1.25. The highest BCUT2D eigenvalue weighted by Crippen LogP contribution is 1.79. The van der Waals surface area contributed by atoms with Crippen LogP contribution in [0.3, 0.4) is 0 Å². The fraction of sp³-hybridized carbons (Fsp3) is 0.545. The SMILES string of the molecule is CCCN/C=C/C(=O)/C=C/NCCC. The topological polar surface area (TPSA) is 41.1 Å². The van der Waals surface area contributed by atoms with E-state index in [0.29, 0.717) is 0 Å². The van der Waals surface area contributed by atoms with E-state index in [1.54, 1.807) is 12.4 Å². The van der Waals surface area contributed by atoms with Gasteiger partial charge in [0.1, 0.15) is 0 Å². The lowest BCUT2D eigenvalue weighted by Gasteiger charge is -1.94. The van der Waals surface area contributed by atoms with Gasteiger partial charge in [-0.15, -0.1) is 0 Å². The first-order valence-electron chi connectivity index (χ1n) is 5.15. The van der Waals surface area contributed by atoms with E-state index in [0.717, 1.165) is 25.9 Å². The van der Waals surface area contributed by atoms with Crippen LogP contribution in [0.25, 0.3) is 0 Å². The summed E-state index contributed by atoms with van der Waals surface area (Å²) in [6.45, 7) is 5.97. The third kappa shape index (κ3) is 8.84. The number of ketones is 1. The second-order valence-electron chi connectivity index (χ2n) is 2.98. The Kier molecular flexibility index (Phi) is 8.96. The highest BCUT2D eigenvalue weighted by Gasteiger charge is 1.86. The zero-order valence-electron chi connectivity index (χ0n) is 9.05. The molecule has 3 nitrogen and oxygen atoms in total. The number of nitrogens with one attached hydrogen (secondary N) is 2. The van der Waals surface area contributed by atoms with Crippen LogP contribution < -0.4 is 10.6 Å². The van der Waals surface area contributed by atoms with Crippen LogP contribution in [0.1, 0.15) is 26.7 Å². The molecular formula is C11H20N2O. The summed E-state index contributed by atoms with van der Waals surface area (Å²) in [5.41, 5.74) is 0. The van der Waals surface area contributed by atoms with E-state index >= 15 is 0 Å². The maximum absolute atomic E-state index is 11.1. The first-order valence-corrected chi connectivity index (χ1v) is 5.15. The lowest BCUT2D eigenvalue weighted by Crippen LogP contribution is -2.07. The summed E-state index contributed by atoms with van der Waals surface area (Å²) in [5, 5.41) is 6.02. The molecule has 0 aromatic rings. The first kappa shape index (κ1) is 12.8. The average Bonchev–Trinajstić information content (AvgIpc) is 2.19. The Morgan fingerprint density at radius 3 is 1.79 bits per heavy atom. The molecule has 0 saturated carbocycles. The minimum absolute atomic E-state index is 0.00259. The molecule has 0 fully saturated rings. The highest BCUT2D eigenvalue weighted by molar-refractivity contribution is 5.98. The Balaban J connectivity index is 3.53. The molecule has 0 aliphatic carbocycles. The minimum Gasteiger partial charge on any atom is -0.391 e. The molecule has 0 aromatic heterocycles. The van der Waals surface area contributed by atoms with Crippen molar-refractivity contribution in [3.63, 3.8) is 0 Å². The first-order chi connectivity index (χ1) is 6.81. The van der Waals surface area contributed by atoms with Crippen molar-refractivity contribution in [3.05, 3.63) is 24.6 Å². The van der Waals surface area contributed by atoms with Crippen molar-refractivity contribution in [3.8, 4) is 0 Å². The van der Waals surface area contributed by atoms with Gasteiger partial charge in [0.25, 0.3) is 0 Å². The van der Waals surface area contributed by atoms with Gasteiger partial charge in [0.05, 0.1) is 0 Å². The minimum atomic E-state index is -0.00259. The van der Waals surface area contributed by atoms with Gasteiger partial charge in [-0.2, -0.15) is 0 Å². The molecule has 0 rings (SSSR count). The fourth-order valence-corrected chi connectivity index (χ4v) is 0.793. The van der Waals surface area contributed by atoms with Crippen LogP contribution in [0, 0.1) is 0 Å². The van der Waals surface area contributed by atoms with Crippen LogP contribution >= 0.6 is 0 Å². The van der Waals surface area contributed by atoms with E-state index < -0.39 is 0 Å². The van der Waals surface area contributed by atoms with Gasteiger partial charge in [-0.1, -0.05) is 13.8 Å². The summed E-state index contributed by atoms with van der Waals surface area (Å²) in [4.78, 5) is 11.1. The second kappa shape index (κ2) is 9.84. The van der Waals surface area contributed by atoms with Gasteiger partial charge in [0.2, 0.25) is 0 Å². The van der Waals surface area contributed by atoms with Crippen molar-refractivity contribution in [2.24, 2.45) is 0 Å². The summed E-state index contributed by atoms with van der Waals surface area (Å²) >= 11 is 0. The smallest absolute Gasteiger partial charge is 0.181 e. The maximum atomic E-state index is 11.1. The Bertz CT molecular complexity index is 177. The van der Waals surface area contributed by atoms with E-state index in [9.17, 15) is 4.79 Å². The molecule has 3 heteroatoms. The van der Waals surface area contributed by atoms with E-state index in [2.05, 4.69) is 24.5 Å². The molecule has 0 aliphatic heterocycles. The molecule has 0 heterocycles. The van der Waals surface area contributed by atoms with Crippen molar-refractivity contribution in [1.82, 2.24) is 10.6 Å². The van der Waals surface area contributed by atoms with Gasteiger partial charge in [0, 0.05) is 37.6 Å². The predicted octanol–water partition coefficient (Wildman–Crippen LogP) is 1.58. The van der Waals surface area contributed by atoms with Crippen LogP contribution in [0.15, 0.2) is 24.6 Å². The molecule has 0 spiro atoms. The van der Waals surface area contributed by atoms with Crippen LogP contribution in [0.2, 0.25) is 0 Å². The van der Waals surface area contributed by atoms with Crippen LogP contribution in [0.4, 0.5) is 0 Å². The molecule has 0 radical (unpaired) electrons. The van der Waals surface area contributed by atoms with E-state index in [4.69, 9.17) is 0 Å². The summed E-state index contributed by atoms with van der Waals surface area (Å²) in [7, 11) is 0. The average molecular weight is 196 g/mol. The molecule has 0 atom stereocenters. The van der Waals surface area contributed by atoms with Gasteiger partial charge < -0.3 is 10.6 Å². The third-order valence-electron chi connectivity index (χ3n) is 1.52. The standard InChI is InChI=1S/C11H20N2O/c1-3-7-12-9-5-11(14)6-10-13-8-4-2/h5-6,9-10,12-13H,3-4,7-8H2,1-2H3/b9-5+,10-6+. The zero-order chi connectivity index (χ0) is 10.6. The molecule has 14 heavy (non-hydrogen) atoms. The second-order valence-corrected chi connectivity index (χ2v) is 2.98. The van der Waals surface area contributed by atoms with Crippen molar-refractivity contribution < 1.29 is 4.79 Å². The Morgan fingerprint density at radius 1 is 1.00 bits per heavy atom. The molecule has 0 aromatic carbocycles. The van der Waals surface area contributed by atoms with Crippen LogP contribution in [-0.4, -0.2) is 18.9 Å². The van der Waals surface area contributed by atoms with E-state index in [1.165, 1.54) is 12.2 Å².